The van der Waals surface area contributed by atoms with Gasteiger partial charge < -0.3 is 14.2 Å². The molecular weight excluding hydrogens is 334 g/mol. The van der Waals surface area contributed by atoms with Gasteiger partial charge in [-0.2, -0.15) is 5.10 Å². The van der Waals surface area contributed by atoms with Gasteiger partial charge in [-0.05, 0) is 31.2 Å². The number of hydrogen-bond acceptors (Lipinski definition) is 5. The van der Waals surface area contributed by atoms with E-state index in [-0.39, 0.29) is 5.69 Å². The Kier molecular flexibility index (Phi) is 5.26. The van der Waals surface area contributed by atoms with E-state index in [9.17, 15) is 4.79 Å². The Morgan fingerprint density at radius 1 is 1.00 bits per heavy atom. The van der Waals surface area contributed by atoms with Crippen molar-refractivity contribution < 1.29 is 14.2 Å². The van der Waals surface area contributed by atoms with Crippen LogP contribution in [-0.4, -0.2) is 35.2 Å². The molecule has 0 saturated heterocycles. The molecule has 7 nitrogen and oxygen atoms in total. The molecule has 0 radical (unpaired) electrons. The molecule has 0 atom stereocenters. The van der Waals surface area contributed by atoms with Crippen LogP contribution in [0.3, 0.4) is 0 Å². The number of rotatable bonds is 7. The van der Waals surface area contributed by atoms with E-state index >= 15 is 0 Å². The fourth-order valence-corrected chi connectivity index (χ4v) is 2.68. The van der Waals surface area contributed by atoms with Crippen molar-refractivity contribution in [1.29, 1.82) is 0 Å². The van der Waals surface area contributed by atoms with E-state index in [1.54, 1.807) is 39.3 Å². The van der Waals surface area contributed by atoms with Crippen LogP contribution in [0.1, 0.15) is 5.82 Å². The van der Waals surface area contributed by atoms with Crippen LogP contribution in [-0.2, 0) is 6.54 Å². The van der Waals surface area contributed by atoms with Gasteiger partial charge in [0.1, 0.15) is 29.7 Å². The van der Waals surface area contributed by atoms with Gasteiger partial charge in [0.15, 0.2) is 0 Å². The van der Waals surface area contributed by atoms with E-state index in [1.807, 2.05) is 30.3 Å². The lowest BCUT2D eigenvalue weighted by molar-refractivity contribution is 0.288. The summed E-state index contributed by atoms with van der Waals surface area (Å²) in [5, 5.41) is 4.34. The molecular formula is C19H21N3O4. The molecule has 0 unspecified atom stereocenters. The van der Waals surface area contributed by atoms with Crippen molar-refractivity contribution >= 4 is 0 Å². The van der Waals surface area contributed by atoms with Crippen LogP contribution in [0.2, 0.25) is 0 Å². The van der Waals surface area contributed by atoms with Crippen LogP contribution in [0.5, 0.6) is 17.2 Å². The summed E-state index contributed by atoms with van der Waals surface area (Å²) in [5.41, 5.74) is 0.369. The van der Waals surface area contributed by atoms with Gasteiger partial charge in [0.05, 0.1) is 26.5 Å². The molecule has 0 aliphatic heterocycles. The van der Waals surface area contributed by atoms with Crippen LogP contribution in [0.25, 0.3) is 5.69 Å². The summed E-state index contributed by atoms with van der Waals surface area (Å²) in [5.74, 6) is 2.52. The molecule has 2 aromatic carbocycles. The lowest BCUT2D eigenvalue weighted by atomic mass is 10.2. The number of ether oxygens (including phenoxy) is 3. The Balaban J connectivity index is 1.83. The molecule has 7 heteroatoms. The van der Waals surface area contributed by atoms with E-state index in [0.717, 1.165) is 5.75 Å². The summed E-state index contributed by atoms with van der Waals surface area (Å²) < 4.78 is 19.2. The molecule has 0 spiro atoms. The van der Waals surface area contributed by atoms with E-state index in [1.165, 1.54) is 9.25 Å². The van der Waals surface area contributed by atoms with Crippen LogP contribution in [0.15, 0.2) is 53.3 Å². The van der Waals surface area contributed by atoms with Crippen molar-refractivity contribution in [2.75, 3.05) is 20.8 Å². The minimum absolute atomic E-state index is 0.248. The molecule has 0 aliphatic carbocycles. The van der Waals surface area contributed by atoms with Crippen molar-refractivity contribution in [3.63, 3.8) is 0 Å². The van der Waals surface area contributed by atoms with Gasteiger partial charge >= 0.3 is 5.69 Å². The van der Waals surface area contributed by atoms with Crippen LogP contribution in [0, 0.1) is 6.92 Å². The molecule has 0 saturated carbocycles. The topological polar surface area (TPSA) is 67.5 Å². The lowest BCUT2D eigenvalue weighted by Crippen LogP contribution is -2.26. The maximum Gasteiger partial charge on any atom is 0.350 e. The van der Waals surface area contributed by atoms with Gasteiger partial charge in [-0.25, -0.2) is 14.0 Å². The highest BCUT2D eigenvalue weighted by molar-refractivity contribution is 5.51. The normalized spacial score (nSPS) is 10.6. The first-order valence-corrected chi connectivity index (χ1v) is 8.20. The number of methoxy groups -OCH3 is 2. The molecule has 0 aliphatic rings. The fourth-order valence-electron chi connectivity index (χ4n) is 2.68. The first-order valence-electron chi connectivity index (χ1n) is 8.20. The minimum atomic E-state index is -0.248. The van der Waals surface area contributed by atoms with E-state index < -0.39 is 0 Å². The zero-order valence-corrected chi connectivity index (χ0v) is 15.0. The lowest BCUT2D eigenvalue weighted by Gasteiger charge is -2.11. The second-order valence-corrected chi connectivity index (χ2v) is 5.59. The van der Waals surface area contributed by atoms with Gasteiger partial charge in [0, 0.05) is 6.07 Å². The Morgan fingerprint density at radius 2 is 1.77 bits per heavy atom. The first kappa shape index (κ1) is 17.6. The summed E-state index contributed by atoms with van der Waals surface area (Å²) in [7, 11) is 3.13. The quantitative estimate of drug-likeness (QED) is 0.651. The Labute approximate surface area is 151 Å². The van der Waals surface area contributed by atoms with Crippen molar-refractivity contribution in [2.24, 2.45) is 0 Å². The SMILES string of the molecule is COc1ccc(-n2c(C)nn(CCOc3ccccc3)c2=O)c(OC)c1. The highest BCUT2D eigenvalue weighted by Crippen LogP contribution is 2.27. The smallest absolute Gasteiger partial charge is 0.350 e. The summed E-state index contributed by atoms with van der Waals surface area (Å²) in [6.07, 6.45) is 0. The number of aryl methyl sites for hydroxylation is 1. The molecule has 3 aromatic rings. The van der Waals surface area contributed by atoms with E-state index in [4.69, 9.17) is 14.2 Å². The number of hydrogen-bond donors (Lipinski definition) is 0. The molecule has 1 aromatic heterocycles. The third-order valence-corrected chi connectivity index (χ3v) is 3.94. The van der Waals surface area contributed by atoms with Gasteiger partial charge in [-0.15, -0.1) is 0 Å². The molecule has 0 fully saturated rings. The number of para-hydroxylation sites is 1. The average molecular weight is 355 g/mol. The summed E-state index contributed by atoms with van der Waals surface area (Å²) >= 11 is 0. The molecule has 3 rings (SSSR count). The fraction of sp³-hybridized carbons (Fsp3) is 0.263. The van der Waals surface area contributed by atoms with Crippen LogP contribution < -0.4 is 19.9 Å². The van der Waals surface area contributed by atoms with Crippen LogP contribution >= 0.6 is 0 Å². The second-order valence-electron chi connectivity index (χ2n) is 5.59. The standard InChI is InChI=1S/C19H21N3O4/c1-14-20-21(11-12-26-15-7-5-4-6-8-15)19(23)22(14)17-10-9-16(24-2)13-18(17)25-3/h4-10,13H,11-12H2,1-3H3. The molecule has 136 valence electrons. The zero-order valence-electron chi connectivity index (χ0n) is 15.0. The Hall–Kier alpha value is -3.22. The summed E-state index contributed by atoms with van der Waals surface area (Å²) in [6.45, 7) is 2.47. The molecule has 0 bridgehead atoms. The zero-order chi connectivity index (χ0) is 18.5. The van der Waals surface area contributed by atoms with E-state index in [0.29, 0.717) is 36.2 Å². The van der Waals surface area contributed by atoms with Crippen molar-refractivity contribution in [2.45, 2.75) is 13.5 Å². The van der Waals surface area contributed by atoms with Gasteiger partial charge in [-0.3, -0.25) is 0 Å². The van der Waals surface area contributed by atoms with Gasteiger partial charge in [-0.1, -0.05) is 18.2 Å². The number of benzene rings is 2. The highest BCUT2D eigenvalue weighted by Gasteiger charge is 2.16. The Morgan fingerprint density at radius 3 is 2.46 bits per heavy atom. The highest BCUT2D eigenvalue weighted by atomic mass is 16.5. The molecule has 26 heavy (non-hydrogen) atoms. The average Bonchev–Trinajstić information content (AvgIpc) is 2.95. The van der Waals surface area contributed by atoms with Crippen molar-refractivity contribution in [3.8, 4) is 22.9 Å². The van der Waals surface area contributed by atoms with Gasteiger partial charge in [0.25, 0.3) is 0 Å². The predicted molar refractivity (Wildman–Crippen MR) is 97.6 cm³/mol. The van der Waals surface area contributed by atoms with E-state index in [2.05, 4.69) is 5.10 Å². The van der Waals surface area contributed by atoms with Gasteiger partial charge in [0.2, 0.25) is 0 Å². The predicted octanol–water partition coefficient (Wildman–Crippen LogP) is 2.44. The first-order chi connectivity index (χ1) is 12.6. The summed E-state index contributed by atoms with van der Waals surface area (Å²) in [4.78, 5) is 12.8. The monoisotopic (exact) mass is 355 g/mol. The maximum atomic E-state index is 12.8. The Bertz CT molecular complexity index is 932. The van der Waals surface area contributed by atoms with Crippen molar-refractivity contribution in [3.05, 3.63) is 64.8 Å². The second kappa shape index (κ2) is 7.77. The molecule has 0 amide bonds. The number of nitrogens with zero attached hydrogens (tertiary/aromatic N) is 3. The third-order valence-electron chi connectivity index (χ3n) is 3.94. The maximum absolute atomic E-state index is 12.8. The largest absolute Gasteiger partial charge is 0.497 e. The third kappa shape index (κ3) is 3.56. The molecule has 0 N–H and O–H groups in total. The molecule has 1 heterocycles. The summed E-state index contributed by atoms with van der Waals surface area (Å²) in [6, 6.07) is 14.7. The number of aromatic nitrogens is 3. The van der Waals surface area contributed by atoms with Crippen LogP contribution in [0.4, 0.5) is 0 Å². The minimum Gasteiger partial charge on any atom is -0.497 e. The van der Waals surface area contributed by atoms with Crippen molar-refractivity contribution in [1.82, 2.24) is 14.3 Å².